The van der Waals surface area contributed by atoms with Crippen LogP contribution >= 0.6 is 0 Å². The Balaban J connectivity index is 0.0000001000. The summed E-state index contributed by atoms with van der Waals surface area (Å²) in [6, 6.07) is 24.0. The molecule has 0 unspecified atom stereocenters. The number of aromatic amines is 3. The maximum absolute atomic E-state index is 4.06. The van der Waals surface area contributed by atoms with E-state index in [1.165, 1.54) is 0 Å². The van der Waals surface area contributed by atoms with Gasteiger partial charge in [-0.05, 0) is 24.3 Å². The SMILES string of the molecule is c1ccc2[nH]cnc2c1.c1ccc2[nH]ncc2c1.c1ccc2[nH]ncc2c1. The number of hydrogen-bond acceptors (Lipinski definition) is 3. The van der Waals surface area contributed by atoms with Crippen molar-refractivity contribution in [3.8, 4) is 0 Å². The van der Waals surface area contributed by atoms with E-state index in [-0.39, 0.29) is 0 Å². The van der Waals surface area contributed by atoms with Crippen molar-refractivity contribution >= 4 is 32.8 Å². The van der Waals surface area contributed by atoms with Crippen LogP contribution in [0.1, 0.15) is 0 Å². The molecule has 6 heteroatoms. The zero-order valence-electron chi connectivity index (χ0n) is 14.5. The van der Waals surface area contributed by atoms with Gasteiger partial charge in [-0.1, -0.05) is 48.5 Å². The molecule has 6 rings (SSSR count). The summed E-state index contributed by atoms with van der Waals surface area (Å²) < 4.78 is 0. The number of nitrogens with one attached hydrogen (secondary N) is 3. The van der Waals surface area contributed by atoms with Crippen molar-refractivity contribution in [1.82, 2.24) is 30.4 Å². The van der Waals surface area contributed by atoms with Gasteiger partial charge in [-0.25, -0.2) is 4.98 Å². The fraction of sp³-hybridized carbons (Fsp3) is 0. The Morgan fingerprint density at radius 1 is 0.556 bits per heavy atom. The molecule has 132 valence electrons. The Kier molecular flexibility index (Phi) is 4.88. The largest absolute Gasteiger partial charge is 0.345 e. The number of imidazole rings is 1. The number of H-pyrrole nitrogens is 3. The van der Waals surface area contributed by atoms with Crippen molar-refractivity contribution in [2.24, 2.45) is 0 Å². The van der Waals surface area contributed by atoms with Gasteiger partial charge in [-0.15, -0.1) is 0 Å². The molecule has 3 N–H and O–H groups in total. The van der Waals surface area contributed by atoms with E-state index in [9.17, 15) is 0 Å². The lowest BCUT2D eigenvalue weighted by Crippen LogP contribution is -1.63. The third-order valence-corrected chi connectivity index (χ3v) is 4.03. The molecular weight excluding hydrogens is 336 g/mol. The maximum Gasteiger partial charge on any atom is 0.0931 e. The van der Waals surface area contributed by atoms with Crippen molar-refractivity contribution in [1.29, 1.82) is 0 Å². The molecule has 0 aliphatic heterocycles. The van der Waals surface area contributed by atoms with Crippen molar-refractivity contribution < 1.29 is 0 Å². The first kappa shape index (κ1) is 16.5. The molecule has 0 atom stereocenters. The molecule has 0 saturated heterocycles. The molecule has 0 radical (unpaired) electrons. The minimum absolute atomic E-state index is 1.03. The van der Waals surface area contributed by atoms with Crippen LogP contribution in [0.2, 0.25) is 0 Å². The maximum atomic E-state index is 4.06. The topological polar surface area (TPSA) is 86.0 Å². The molecule has 3 heterocycles. The highest BCUT2D eigenvalue weighted by molar-refractivity contribution is 5.78. The number of fused-ring (bicyclic) bond motifs is 3. The van der Waals surface area contributed by atoms with Gasteiger partial charge >= 0.3 is 0 Å². The van der Waals surface area contributed by atoms with E-state index >= 15 is 0 Å². The summed E-state index contributed by atoms with van der Waals surface area (Å²) in [6.45, 7) is 0. The highest BCUT2D eigenvalue weighted by atomic mass is 15.1. The van der Waals surface area contributed by atoms with E-state index in [2.05, 4.69) is 30.4 Å². The number of aromatic nitrogens is 6. The molecule has 6 aromatic rings. The second-order valence-corrected chi connectivity index (χ2v) is 5.83. The Hall–Kier alpha value is -3.93. The third kappa shape index (κ3) is 4.01. The molecule has 3 aromatic carbocycles. The van der Waals surface area contributed by atoms with E-state index in [0.29, 0.717) is 0 Å². The van der Waals surface area contributed by atoms with Crippen LogP contribution < -0.4 is 0 Å². The second-order valence-electron chi connectivity index (χ2n) is 5.83. The van der Waals surface area contributed by atoms with Crippen LogP contribution in [0.3, 0.4) is 0 Å². The molecule has 0 saturated carbocycles. The fourth-order valence-corrected chi connectivity index (χ4v) is 2.65. The average molecular weight is 354 g/mol. The molecule has 3 aromatic heterocycles. The zero-order valence-corrected chi connectivity index (χ0v) is 14.5. The van der Waals surface area contributed by atoms with Gasteiger partial charge in [0.2, 0.25) is 0 Å². The van der Waals surface area contributed by atoms with Crippen molar-refractivity contribution in [3.05, 3.63) is 91.5 Å². The highest BCUT2D eigenvalue weighted by Crippen LogP contribution is 2.08. The summed E-state index contributed by atoms with van der Waals surface area (Å²) in [5.74, 6) is 0. The Morgan fingerprint density at radius 2 is 1.07 bits per heavy atom. The number of rotatable bonds is 0. The van der Waals surface area contributed by atoms with Crippen LogP contribution in [0.5, 0.6) is 0 Å². The van der Waals surface area contributed by atoms with Crippen molar-refractivity contribution in [3.63, 3.8) is 0 Å². The standard InChI is InChI=1S/3C7H6N2/c1-2-4-7-6(3-1)8-5-9-7;2*1-2-4-7-6(3-1)5-8-9-7/h3*1-5H,(H,8,9). The Morgan fingerprint density at radius 3 is 1.63 bits per heavy atom. The molecule has 0 fully saturated rings. The predicted octanol–water partition coefficient (Wildman–Crippen LogP) is 4.69. The lowest BCUT2D eigenvalue weighted by Gasteiger charge is -1.81. The zero-order chi connectivity index (χ0) is 18.3. The van der Waals surface area contributed by atoms with Gasteiger partial charge in [0.1, 0.15) is 0 Å². The van der Waals surface area contributed by atoms with E-state index < -0.39 is 0 Å². The van der Waals surface area contributed by atoms with Crippen molar-refractivity contribution in [2.75, 3.05) is 0 Å². The molecule has 27 heavy (non-hydrogen) atoms. The van der Waals surface area contributed by atoms with E-state index in [4.69, 9.17) is 0 Å². The van der Waals surface area contributed by atoms with E-state index in [1.807, 2.05) is 85.2 Å². The lowest BCUT2D eigenvalue weighted by molar-refractivity contribution is 1.12. The number of para-hydroxylation sites is 4. The first-order chi connectivity index (χ1) is 13.4. The summed E-state index contributed by atoms with van der Waals surface area (Å²) in [5, 5.41) is 15.8. The molecule has 0 bridgehead atoms. The Bertz CT molecular complexity index is 1000. The number of nitrogens with zero attached hydrogens (tertiary/aromatic N) is 3. The summed E-state index contributed by atoms with van der Waals surface area (Å²) in [4.78, 5) is 7.07. The molecule has 0 aliphatic carbocycles. The second kappa shape index (κ2) is 7.97. The van der Waals surface area contributed by atoms with Gasteiger partial charge in [0.05, 0.1) is 40.8 Å². The normalized spacial score (nSPS) is 10.2. The van der Waals surface area contributed by atoms with Crippen LogP contribution in [-0.2, 0) is 0 Å². The van der Waals surface area contributed by atoms with Gasteiger partial charge < -0.3 is 4.98 Å². The first-order valence-electron chi connectivity index (χ1n) is 8.54. The minimum Gasteiger partial charge on any atom is -0.345 e. The van der Waals surface area contributed by atoms with Gasteiger partial charge in [0.15, 0.2) is 0 Å². The van der Waals surface area contributed by atoms with Crippen LogP contribution in [0.4, 0.5) is 0 Å². The predicted molar refractivity (Wildman–Crippen MR) is 108 cm³/mol. The van der Waals surface area contributed by atoms with Gasteiger partial charge in [0, 0.05) is 10.8 Å². The van der Waals surface area contributed by atoms with Gasteiger partial charge in [0.25, 0.3) is 0 Å². The fourth-order valence-electron chi connectivity index (χ4n) is 2.65. The summed E-state index contributed by atoms with van der Waals surface area (Å²) in [7, 11) is 0. The summed E-state index contributed by atoms with van der Waals surface area (Å²) in [6.07, 6.45) is 5.33. The monoisotopic (exact) mass is 354 g/mol. The van der Waals surface area contributed by atoms with E-state index in [0.717, 1.165) is 32.8 Å². The molecule has 0 aliphatic rings. The minimum atomic E-state index is 1.03. The molecular formula is C21H18N6. The third-order valence-electron chi connectivity index (χ3n) is 4.03. The molecule has 6 nitrogen and oxygen atoms in total. The van der Waals surface area contributed by atoms with Crippen LogP contribution in [0, 0.1) is 0 Å². The van der Waals surface area contributed by atoms with Crippen molar-refractivity contribution in [2.45, 2.75) is 0 Å². The molecule has 0 spiro atoms. The van der Waals surface area contributed by atoms with Crippen LogP contribution in [-0.4, -0.2) is 30.4 Å². The smallest absolute Gasteiger partial charge is 0.0931 e. The molecule has 0 amide bonds. The number of benzene rings is 3. The quantitative estimate of drug-likeness (QED) is 0.370. The average Bonchev–Trinajstić information content (AvgIpc) is 3.48. The first-order valence-corrected chi connectivity index (χ1v) is 8.54. The number of hydrogen-bond donors (Lipinski definition) is 3. The summed E-state index contributed by atoms with van der Waals surface area (Å²) in [5.41, 5.74) is 4.31. The Labute approximate surface area is 155 Å². The van der Waals surface area contributed by atoms with Gasteiger partial charge in [-0.2, -0.15) is 10.2 Å². The van der Waals surface area contributed by atoms with Crippen LogP contribution in [0.25, 0.3) is 32.8 Å². The van der Waals surface area contributed by atoms with Crippen LogP contribution in [0.15, 0.2) is 91.5 Å². The summed E-state index contributed by atoms with van der Waals surface area (Å²) >= 11 is 0. The lowest BCUT2D eigenvalue weighted by atomic mass is 10.3. The van der Waals surface area contributed by atoms with Gasteiger partial charge in [-0.3, -0.25) is 10.2 Å². The van der Waals surface area contributed by atoms with E-state index in [1.54, 1.807) is 6.33 Å². The highest BCUT2D eigenvalue weighted by Gasteiger charge is 1.89.